The van der Waals surface area contributed by atoms with Gasteiger partial charge < -0.3 is 9.73 Å². The topological polar surface area (TPSA) is 67.0 Å². The molecule has 1 aliphatic rings. The summed E-state index contributed by atoms with van der Waals surface area (Å²) in [6.07, 6.45) is 2.17. The standard InChI is InChI=1S/C21H16ClN3O2S/c22-16-8-6-15(7-9-16)18-11-10-17(27-18)13-23-25-21-24-20(26)19(28-21)12-14-4-2-1-3-5-14/h1-11,13,19H,12H2,(H,24,25,26)/b23-13+/t19-/m1/s1. The maximum Gasteiger partial charge on any atom is 0.239 e. The van der Waals surface area contributed by atoms with Crippen LogP contribution in [-0.4, -0.2) is 22.5 Å². The van der Waals surface area contributed by atoms with Crippen molar-refractivity contribution < 1.29 is 9.21 Å². The van der Waals surface area contributed by atoms with Crippen LogP contribution < -0.4 is 5.32 Å². The summed E-state index contributed by atoms with van der Waals surface area (Å²) in [5, 5.41) is 11.9. The van der Waals surface area contributed by atoms with Crippen molar-refractivity contribution in [3.63, 3.8) is 0 Å². The van der Waals surface area contributed by atoms with Crippen molar-refractivity contribution in [3.05, 3.63) is 83.1 Å². The Morgan fingerprint density at radius 2 is 1.86 bits per heavy atom. The number of thioether (sulfide) groups is 1. The molecule has 2 heterocycles. The number of nitrogens with zero attached hydrogens (tertiary/aromatic N) is 2. The van der Waals surface area contributed by atoms with Crippen molar-refractivity contribution in [2.45, 2.75) is 11.7 Å². The van der Waals surface area contributed by atoms with Crippen molar-refractivity contribution in [2.24, 2.45) is 10.2 Å². The predicted octanol–water partition coefficient (Wildman–Crippen LogP) is 4.76. The van der Waals surface area contributed by atoms with Crippen LogP contribution in [0, 0.1) is 0 Å². The summed E-state index contributed by atoms with van der Waals surface area (Å²) in [6, 6.07) is 21.0. The van der Waals surface area contributed by atoms with E-state index in [9.17, 15) is 4.79 Å². The summed E-state index contributed by atoms with van der Waals surface area (Å²) >= 11 is 7.29. The molecule has 0 unspecified atom stereocenters. The predicted molar refractivity (Wildman–Crippen MR) is 114 cm³/mol. The van der Waals surface area contributed by atoms with Crippen molar-refractivity contribution in [1.29, 1.82) is 0 Å². The molecule has 1 N–H and O–H groups in total. The fraction of sp³-hybridized carbons (Fsp3) is 0.0952. The molecular formula is C21H16ClN3O2S. The Bertz CT molecular complexity index is 1030. The lowest BCUT2D eigenvalue weighted by atomic mass is 10.1. The molecule has 4 rings (SSSR count). The quantitative estimate of drug-likeness (QED) is 0.487. The van der Waals surface area contributed by atoms with Gasteiger partial charge in [-0.2, -0.15) is 5.10 Å². The number of rotatable bonds is 5. The van der Waals surface area contributed by atoms with E-state index in [1.165, 1.54) is 18.0 Å². The number of hydrogen-bond acceptors (Lipinski definition) is 5. The van der Waals surface area contributed by atoms with E-state index in [0.717, 1.165) is 16.9 Å². The van der Waals surface area contributed by atoms with Gasteiger partial charge in [0.05, 0.1) is 11.5 Å². The first-order valence-corrected chi connectivity index (χ1v) is 9.91. The second kappa shape index (κ2) is 8.46. The maximum absolute atomic E-state index is 12.1. The van der Waals surface area contributed by atoms with Gasteiger partial charge in [0.1, 0.15) is 11.5 Å². The highest BCUT2D eigenvalue weighted by atomic mass is 35.5. The minimum Gasteiger partial charge on any atom is -0.455 e. The van der Waals surface area contributed by atoms with Crippen molar-refractivity contribution >= 4 is 40.7 Å². The van der Waals surface area contributed by atoms with E-state index in [1.807, 2.05) is 66.7 Å². The first-order chi connectivity index (χ1) is 13.7. The van der Waals surface area contributed by atoms with E-state index < -0.39 is 0 Å². The zero-order valence-corrected chi connectivity index (χ0v) is 16.3. The molecule has 0 bridgehead atoms. The third kappa shape index (κ3) is 4.52. The average molecular weight is 410 g/mol. The summed E-state index contributed by atoms with van der Waals surface area (Å²) < 4.78 is 5.74. The fourth-order valence-corrected chi connectivity index (χ4v) is 3.84. The molecule has 1 aliphatic heterocycles. The van der Waals surface area contributed by atoms with E-state index in [2.05, 4.69) is 15.5 Å². The summed E-state index contributed by atoms with van der Waals surface area (Å²) in [5.41, 5.74) is 2.04. The van der Waals surface area contributed by atoms with Gasteiger partial charge in [0.25, 0.3) is 0 Å². The van der Waals surface area contributed by atoms with Crippen LogP contribution >= 0.6 is 23.4 Å². The largest absolute Gasteiger partial charge is 0.455 e. The smallest absolute Gasteiger partial charge is 0.239 e. The molecule has 1 amide bonds. The Hall–Kier alpha value is -2.83. The normalized spacial score (nSPS) is 18.1. The minimum atomic E-state index is -0.198. The van der Waals surface area contributed by atoms with E-state index in [0.29, 0.717) is 22.4 Å². The van der Waals surface area contributed by atoms with E-state index >= 15 is 0 Å². The van der Waals surface area contributed by atoms with Gasteiger partial charge in [-0.1, -0.05) is 53.7 Å². The number of halogens is 1. The van der Waals surface area contributed by atoms with Gasteiger partial charge in [0, 0.05) is 10.6 Å². The molecule has 0 saturated carbocycles. The van der Waals surface area contributed by atoms with Gasteiger partial charge in [-0.05, 0) is 48.4 Å². The number of carbonyl (C=O) groups is 1. The van der Waals surface area contributed by atoms with Crippen molar-refractivity contribution in [3.8, 4) is 11.3 Å². The summed E-state index contributed by atoms with van der Waals surface area (Å²) in [5.74, 6) is 1.24. The fourth-order valence-electron chi connectivity index (χ4n) is 2.74. The Kier molecular flexibility index (Phi) is 5.60. The van der Waals surface area contributed by atoms with E-state index in [-0.39, 0.29) is 11.2 Å². The Labute approximate surface area is 171 Å². The van der Waals surface area contributed by atoms with Crippen LogP contribution in [0.1, 0.15) is 11.3 Å². The number of amides is 1. The highest BCUT2D eigenvalue weighted by Gasteiger charge is 2.30. The second-order valence-electron chi connectivity index (χ2n) is 6.14. The van der Waals surface area contributed by atoms with Crippen LogP contribution in [0.2, 0.25) is 5.02 Å². The molecule has 0 radical (unpaired) electrons. The lowest BCUT2D eigenvalue weighted by Crippen LogP contribution is -2.25. The Morgan fingerprint density at radius 3 is 2.64 bits per heavy atom. The maximum atomic E-state index is 12.1. The molecule has 1 aromatic heterocycles. The lowest BCUT2D eigenvalue weighted by Gasteiger charge is -2.04. The monoisotopic (exact) mass is 409 g/mol. The van der Waals surface area contributed by atoms with Crippen LogP contribution in [0.4, 0.5) is 0 Å². The molecule has 0 aliphatic carbocycles. The number of furan rings is 1. The first-order valence-electron chi connectivity index (χ1n) is 8.65. The van der Waals surface area contributed by atoms with Gasteiger partial charge in [0.15, 0.2) is 5.17 Å². The van der Waals surface area contributed by atoms with Gasteiger partial charge in [0.2, 0.25) is 5.91 Å². The van der Waals surface area contributed by atoms with E-state index in [4.69, 9.17) is 16.0 Å². The third-order valence-electron chi connectivity index (χ3n) is 4.13. The van der Waals surface area contributed by atoms with Crippen molar-refractivity contribution in [1.82, 2.24) is 5.32 Å². The zero-order valence-electron chi connectivity index (χ0n) is 14.7. The van der Waals surface area contributed by atoms with Gasteiger partial charge in [-0.15, -0.1) is 5.10 Å². The average Bonchev–Trinajstić information content (AvgIpc) is 3.30. The summed E-state index contributed by atoms with van der Waals surface area (Å²) in [7, 11) is 0. The number of benzene rings is 2. The SMILES string of the molecule is O=C1N/C(=N\N=C\c2ccc(-c3ccc(Cl)cc3)o2)S[C@@H]1Cc1ccccc1. The zero-order chi connectivity index (χ0) is 19.3. The van der Waals surface area contributed by atoms with Crippen LogP contribution in [0.25, 0.3) is 11.3 Å². The molecule has 5 nitrogen and oxygen atoms in total. The molecule has 140 valence electrons. The number of amidine groups is 1. The molecule has 1 saturated heterocycles. The lowest BCUT2D eigenvalue weighted by molar-refractivity contribution is -0.118. The number of nitrogens with one attached hydrogen (secondary N) is 1. The number of carbonyl (C=O) groups excluding carboxylic acids is 1. The summed E-state index contributed by atoms with van der Waals surface area (Å²) in [4.78, 5) is 12.1. The molecule has 1 fully saturated rings. The van der Waals surface area contributed by atoms with Crippen molar-refractivity contribution in [2.75, 3.05) is 0 Å². The highest BCUT2D eigenvalue weighted by Crippen LogP contribution is 2.24. The van der Waals surface area contributed by atoms with E-state index in [1.54, 1.807) is 0 Å². The van der Waals surface area contributed by atoms with Gasteiger partial charge in [-0.3, -0.25) is 4.79 Å². The number of hydrogen-bond donors (Lipinski definition) is 1. The second-order valence-corrected chi connectivity index (χ2v) is 7.77. The minimum absolute atomic E-state index is 0.0502. The summed E-state index contributed by atoms with van der Waals surface area (Å²) in [6.45, 7) is 0. The van der Waals surface area contributed by atoms with Gasteiger partial charge >= 0.3 is 0 Å². The molecule has 0 spiro atoms. The first kappa shape index (κ1) is 18.5. The van der Waals surface area contributed by atoms with Crippen LogP contribution in [0.3, 0.4) is 0 Å². The third-order valence-corrected chi connectivity index (χ3v) is 5.45. The van der Waals surface area contributed by atoms with Gasteiger partial charge in [-0.25, -0.2) is 0 Å². The molecule has 1 atom stereocenters. The Morgan fingerprint density at radius 1 is 1.07 bits per heavy atom. The molecule has 3 aromatic rings. The van der Waals surface area contributed by atoms with Crippen LogP contribution in [0.15, 0.2) is 81.4 Å². The molecular weight excluding hydrogens is 394 g/mol. The van der Waals surface area contributed by atoms with Crippen LogP contribution in [-0.2, 0) is 11.2 Å². The molecule has 28 heavy (non-hydrogen) atoms. The van der Waals surface area contributed by atoms with Crippen LogP contribution in [0.5, 0.6) is 0 Å². The highest BCUT2D eigenvalue weighted by molar-refractivity contribution is 8.15. The Balaban J connectivity index is 1.38. The molecule has 7 heteroatoms. The molecule has 2 aromatic carbocycles.